The summed E-state index contributed by atoms with van der Waals surface area (Å²) in [6.45, 7) is 8.73. The Morgan fingerprint density at radius 1 is 1.55 bits per heavy atom. The van der Waals surface area contributed by atoms with Crippen LogP contribution in [-0.2, 0) is 4.79 Å². The lowest BCUT2D eigenvalue weighted by molar-refractivity contribution is -0.128. The molecule has 0 saturated carbocycles. The Kier molecular flexibility index (Phi) is 5.84. The Morgan fingerprint density at radius 3 is 2.55 bits per heavy atom. The highest BCUT2D eigenvalue weighted by molar-refractivity contribution is 5.73. The van der Waals surface area contributed by atoms with E-state index in [1.54, 1.807) is 11.8 Å². The van der Waals surface area contributed by atoms with Gasteiger partial charge in [0.1, 0.15) is 0 Å². The van der Waals surface area contributed by atoms with Gasteiger partial charge in [-0.25, -0.2) is 0 Å². The molecule has 0 aromatic rings. The van der Waals surface area contributed by atoms with Crippen LogP contribution < -0.4 is 5.73 Å². The molecule has 3 heteroatoms. The van der Waals surface area contributed by atoms with Gasteiger partial charge in [-0.3, -0.25) is 4.79 Å². The van der Waals surface area contributed by atoms with Crippen molar-refractivity contribution >= 4 is 5.91 Å². The summed E-state index contributed by atoms with van der Waals surface area (Å²) in [6.07, 6.45) is 1.47. The third kappa shape index (κ3) is 4.79. The predicted octanol–water partition coefficient (Wildman–Crippen LogP) is 0.285. The van der Waals surface area contributed by atoms with Gasteiger partial charge in [0.15, 0.2) is 0 Å². The number of carbonyl (C=O) groups is 1. The molecule has 0 aromatic carbocycles. The van der Waals surface area contributed by atoms with Crippen molar-refractivity contribution in [3.63, 3.8) is 0 Å². The minimum absolute atomic E-state index is 0.0731. The lowest BCUT2D eigenvalue weighted by Crippen LogP contribution is -2.34. The molecule has 0 aliphatic heterocycles. The van der Waals surface area contributed by atoms with E-state index in [0.29, 0.717) is 19.5 Å². The minimum atomic E-state index is 0.0731. The largest absolute Gasteiger partial charge is 0.342 e. The number of unbranched alkanes of at least 4 members (excludes halogenated alkanes) is 1. The number of nitrogens with two attached hydrogens (primary N) is 1. The van der Waals surface area contributed by atoms with Gasteiger partial charge in [0.2, 0.25) is 5.91 Å². The maximum atomic E-state index is 10.9. The summed E-state index contributed by atoms with van der Waals surface area (Å²) in [5, 5.41) is 0. The Balaban J connectivity index is 3.60. The summed E-state index contributed by atoms with van der Waals surface area (Å²) >= 11 is 0. The smallest absolute Gasteiger partial charge is 0.219 e. The second-order valence-electron chi connectivity index (χ2n) is 2.44. The highest BCUT2D eigenvalue weighted by Gasteiger charge is 2.04. The summed E-state index contributed by atoms with van der Waals surface area (Å²) in [5.74, 6) is 0.0731. The number of nitrogens with zero attached hydrogens (tertiary/aromatic N) is 1. The van der Waals surface area contributed by atoms with E-state index < -0.39 is 0 Å². The summed E-state index contributed by atoms with van der Waals surface area (Å²) in [7, 11) is 0. The molecule has 64 valence electrons. The van der Waals surface area contributed by atoms with Crippen LogP contribution in [0, 0.1) is 6.92 Å². The number of rotatable bonds is 5. The summed E-state index contributed by atoms with van der Waals surface area (Å²) < 4.78 is 0. The van der Waals surface area contributed by atoms with Crippen LogP contribution in [0.2, 0.25) is 0 Å². The van der Waals surface area contributed by atoms with Crippen LogP contribution in [0.3, 0.4) is 0 Å². The zero-order valence-electron chi connectivity index (χ0n) is 7.05. The molecule has 0 rings (SSSR count). The van der Waals surface area contributed by atoms with E-state index in [2.05, 4.69) is 0 Å². The van der Waals surface area contributed by atoms with E-state index in [9.17, 15) is 4.79 Å². The molecule has 0 aliphatic carbocycles. The first-order valence-corrected chi connectivity index (χ1v) is 3.88. The molecule has 2 radical (unpaired) electrons. The van der Waals surface area contributed by atoms with Crippen molar-refractivity contribution in [1.29, 1.82) is 0 Å². The molecule has 0 heterocycles. The maximum absolute atomic E-state index is 10.9. The van der Waals surface area contributed by atoms with Crippen LogP contribution in [0.1, 0.15) is 19.8 Å². The summed E-state index contributed by atoms with van der Waals surface area (Å²) in [5.41, 5.74) is 5.31. The summed E-state index contributed by atoms with van der Waals surface area (Å²) in [6, 6.07) is 0. The number of hydrogen-bond acceptors (Lipinski definition) is 2. The van der Waals surface area contributed by atoms with Gasteiger partial charge in [-0.05, 0) is 19.8 Å². The number of hydrogen-bond donors (Lipinski definition) is 1. The normalized spacial score (nSPS) is 9.73. The van der Waals surface area contributed by atoms with Crippen molar-refractivity contribution in [2.45, 2.75) is 19.8 Å². The zero-order chi connectivity index (χ0) is 8.69. The lowest BCUT2D eigenvalue weighted by Gasteiger charge is -2.19. The molecular formula is C8H16N2O. The molecular weight excluding hydrogens is 140 g/mol. The van der Waals surface area contributed by atoms with Crippen molar-refractivity contribution in [2.24, 2.45) is 5.73 Å². The molecule has 0 fully saturated rings. The predicted molar refractivity (Wildman–Crippen MR) is 44.8 cm³/mol. The highest BCUT2D eigenvalue weighted by atomic mass is 16.2. The van der Waals surface area contributed by atoms with Gasteiger partial charge in [-0.15, -0.1) is 0 Å². The van der Waals surface area contributed by atoms with Crippen LogP contribution in [-0.4, -0.2) is 30.4 Å². The second kappa shape index (κ2) is 6.16. The van der Waals surface area contributed by atoms with E-state index in [1.165, 1.54) is 0 Å². The van der Waals surface area contributed by atoms with Gasteiger partial charge in [-0.1, -0.05) is 0 Å². The van der Waals surface area contributed by atoms with Gasteiger partial charge in [0, 0.05) is 26.6 Å². The van der Waals surface area contributed by atoms with Crippen LogP contribution >= 0.6 is 0 Å². The molecule has 0 bridgehead atoms. The molecule has 1 amide bonds. The first-order valence-electron chi connectivity index (χ1n) is 3.88. The molecule has 3 nitrogen and oxygen atoms in total. The fraction of sp³-hybridized carbons (Fsp3) is 0.750. The standard InChI is InChI=1S/C8H16N2O/c1-3-4-6-10(7-5-9)8(2)11/h1H,3-7,9H2,2H3. The Labute approximate surface area is 68.6 Å². The SMILES string of the molecule is [CH]CCCN(CCN)C(C)=O. The molecule has 0 aliphatic rings. The molecule has 0 unspecified atom stereocenters. The van der Waals surface area contributed by atoms with E-state index in [0.717, 1.165) is 13.0 Å². The van der Waals surface area contributed by atoms with Gasteiger partial charge in [-0.2, -0.15) is 0 Å². The van der Waals surface area contributed by atoms with Crippen molar-refractivity contribution in [3.05, 3.63) is 6.92 Å². The topological polar surface area (TPSA) is 46.3 Å². The fourth-order valence-electron chi connectivity index (χ4n) is 0.865. The average Bonchev–Trinajstić information content (AvgIpc) is 1.97. The fourth-order valence-corrected chi connectivity index (χ4v) is 0.865. The van der Waals surface area contributed by atoms with Crippen LogP contribution in [0.4, 0.5) is 0 Å². The first kappa shape index (κ1) is 10.4. The van der Waals surface area contributed by atoms with Crippen LogP contribution in [0.5, 0.6) is 0 Å². The maximum Gasteiger partial charge on any atom is 0.219 e. The Hall–Kier alpha value is -0.570. The lowest BCUT2D eigenvalue weighted by atomic mass is 10.3. The molecule has 0 spiro atoms. The third-order valence-electron chi connectivity index (χ3n) is 1.48. The van der Waals surface area contributed by atoms with Crippen molar-refractivity contribution in [2.75, 3.05) is 19.6 Å². The Morgan fingerprint density at radius 2 is 2.18 bits per heavy atom. The third-order valence-corrected chi connectivity index (χ3v) is 1.48. The minimum Gasteiger partial charge on any atom is -0.342 e. The number of carbonyl (C=O) groups excluding carboxylic acids is 1. The van der Waals surface area contributed by atoms with Crippen molar-refractivity contribution in [3.8, 4) is 0 Å². The van der Waals surface area contributed by atoms with Crippen LogP contribution in [0.25, 0.3) is 0 Å². The van der Waals surface area contributed by atoms with Crippen LogP contribution in [0.15, 0.2) is 0 Å². The molecule has 11 heavy (non-hydrogen) atoms. The molecule has 2 N–H and O–H groups in total. The van der Waals surface area contributed by atoms with Gasteiger partial charge >= 0.3 is 0 Å². The van der Waals surface area contributed by atoms with E-state index in [-0.39, 0.29) is 5.91 Å². The van der Waals surface area contributed by atoms with Gasteiger partial charge in [0.25, 0.3) is 0 Å². The summed E-state index contributed by atoms with van der Waals surface area (Å²) in [4.78, 5) is 12.6. The molecule has 0 atom stereocenters. The van der Waals surface area contributed by atoms with E-state index >= 15 is 0 Å². The van der Waals surface area contributed by atoms with Crippen molar-refractivity contribution in [1.82, 2.24) is 4.90 Å². The quantitative estimate of drug-likeness (QED) is 0.621. The number of amides is 1. The highest BCUT2D eigenvalue weighted by Crippen LogP contribution is 1.93. The Bertz CT molecular complexity index is 115. The van der Waals surface area contributed by atoms with E-state index in [1.807, 2.05) is 0 Å². The van der Waals surface area contributed by atoms with E-state index in [4.69, 9.17) is 12.7 Å². The van der Waals surface area contributed by atoms with Gasteiger partial charge in [0.05, 0.1) is 0 Å². The molecule has 0 aromatic heterocycles. The first-order chi connectivity index (χ1) is 5.22. The van der Waals surface area contributed by atoms with Crippen molar-refractivity contribution < 1.29 is 4.79 Å². The average molecular weight is 156 g/mol. The van der Waals surface area contributed by atoms with Gasteiger partial charge < -0.3 is 10.6 Å². The second-order valence-corrected chi connectivity index (χ2v) is 2.44. The molecule has 0 saturated heterocycles. The monoisotopic (exact) mass is 156 g/mol. The zero-order valence-corrected chi connectivity index (χ0v) is 7.05.